The van der Waals surface area contributed by atoms with Gasteiger partial charge in [0.15, 0.2) is 5.82 Å². The van der Waals surface area contributed by atoms with Gasteiger partial charge in [-0.2, -0.15) is 5.10 Å². The van der Waals surface area contributed by atoms with E-state index in [4.69, 9.17) is 5.73 Å². The van der Waals surface area contributed by atoms with E-state index in [1.54, 1.807) is 11.3 Å². The van der Waals surface area contributed by atoms with Crippen molar-refractivity contribution in [1.29, 1.82) is 0 Å². The first-order valence-electron chi connectivity index (χ1n) is 6.14. The Kier molecular flexibility index (Phi) is 2.52. The molecule has 4 nitrogen and oxygen atoms in total. The molecule has 0 radical (unpaired) electrons. The van der Waals surface area contributed by atoms with E-state index in [1.807, 2.05) is 11.6 Å². The molecule has 0 aliphatic carbocycles. The number of hydrogen-bond donors (Lipinski definition) is 1. The maximum Gasteiger partial charge on any atom is 0.163 e. The molecule has 0 unspecified atom stereocenters. The van der Waals surface area contributed by atoms with Crippen molar-refractivity contribution >= 4 is 37.6 Å². The highest BCUT2D eigenvalue weighted by Crippen LogP contribution is 2.38. The van der Waals surface area contributed by atoms with Gasteiger partial charge in [-0.05, 0) is 31.9 Å². The second kappa shape index (κ2) is 3.95. The van der Waals surface area contributed by atoms with Crippen LogP contribution in [0.5, 0.6) is 0 Å². The van der Waals surface area contributed by atoms with Crippen LogP contribution in [-0.4, -0.2) is 14.8 Å². The Balaban J connectivity index is 2.47. The molecule has 3 aromatic rings. The first-order valence-corrected chi connectivity index (χ1v) is 6.96. The number of rotatable bonds is 2. The molecule has 0 aromatic carbocycles. The van der Waals surface area contributed by atoms with Crippen LogP contribution < -0.4 is 5.73 Å². The van der Waals surface area contributed by atoms with Gasteiger partial charge in [0.25, 0.3) is 0 Å². The highest BCUT2D eigenvalue weighted by molar-refractivity contribution is 7.26. The highest BCUT2D eigenvalue weighted by Gasteiger charge is 2.17. The van der Waals surface area contributed by atoms with Gasteiger partial charge in [-0.25, -0.2) is 4.98 Å². The SMILES string of the molecule is CCCn1nc(N)c2sc3nc(C)cc(C)c3c21. The van der Waals surface area contributed by atoms with Crippen molar-refractivity contribution < 1.29 is 0 Å². The van der Waals surface area contributed by atoms with Gasteiger partial charge in [0.2, 0.25) is 0 Å². The predicted octanol–water partition coefficient (Wildman–Crippen LogP) is 3.26. The zero-order chi connectivity index (χ0) is 12.9. The molecule has 18 heavy (non-hydrogen) atoms. The van der Waals surface area contributed by atoms with Crippen LogP contribution in [0.4, 0.5) is 5.82 Å². The van der Waals surface area contributed by atoms with Crippen molar-refractivity contribution in [3.63, 3.8) is 0 Å². The zero-order valence-corrected chi connectivity index (χ0v) is 11.6. The van der Waals surface area contributed by atoms with Crippen molar-refractivity contribution in [3.8, 4) is 0 Å². The summed E-state index contributed by atoms with van der Waals surface area (Å²) < 4.78 is 3.09. The lowest BCUT2D eigenvalue weighted by Gasteiger charge is -2.02. The first kappa shape index (κ1) is 11.5. The second-order valence-corrected chi connectivity index (χ2v) is 5.65. The fourth-order valence-corrected chi connectivity index (χ4v) is 3.63. The number of pyridine rings is 1. The van der Waals surface area contributed by atoms with Crippen LogP contribution in [-0.2, 0) is 6.54 Å². The number of fused-ring (bicyclic) bond motifs is 3. The number of nitrogens with zero attached hydrogens (tertiary/aromatic N) is 3. The van der Waals surface area contributed by atoms with Crippen LogP contribution in [0.3, 0.4) is 0 Å². The lowest BCUT2D eigenvalue weighted by atomic mass is 10.1. The molecule has 0 saturated heterocycles. The topological polar surface area (TPSA) is 56.7 Å². The molecule has 3 heterocycles. The van der Waals surface area contributed by atoms with Crippen molar-refractivity contribution in [2.45, 2.75) is 33.7 Å². The van der Waals surface area contributed by atoms with Gasteiger partial charge in [0.05, 0.1) is 10.2 Å². The summed E-state index contributed by atoms with van der Waals surface area (Å²) >= 11 is 1.64. The number of nitrogens with two attached hydrogens (primary N) is 1. The Bertz CT molecular complexity index is 738. The molecule has 0 spiro atoms. The van der Waals surface area contributed by atoms with Crippen molar-refractivity contribution in [1.82, 2.24) is 14.8 Å². The number of aryl methyl sites for hydroxylation is 3. The second-order valence-electron chi connectivity index (χ2n) is 4.65. The lowest BCUT2D eigenvalue weighted by Crippen LogP contribution is -2.00. The third-order valence-corrected chi connectivity index (χ3v) is 4.21. The smallest absolute Gasteiger partial charge is 0.163 e. The molecule has 0 amide bonds. The molecule has 0 aliphatic rings. The monoisotopic (exact) mass is 260 g/mol. The molecule has 5 heteroatoms. The normalized spacial score (nSPS) is 11.7. The van der Waals surface area contributed by atoms with Gasteiger partial charge in [-0.1, -0.05) is 6.92 Å². The van der Waals surface area contributed by atoms with Crippen molar-refractivity contribution in [3.05, 3.63) is 17.3 Å². The van der Waals surface area contributed by atoms with Crippen LogP contribution in [0.25, 0.3) is 20.4 Å². The van der Waals surface area contributed by atoms with E-state index in [1.165, 1.54) is 10.9 Å². The summed E-state index contributed by atoms with van der Waals surface area (Å²) in [5.74, 6) is 0.624. The van der Waals surface area contributed by atoms with Gasteiger partial charge in [-0.15, -0.1) is 11.3 Å². The first-order chi connectivity index (χ1) is 8.61. The Labute approximate surface area is 109 Å². The number of aromatic nitrogens is 3. The molecule has 0 bridgehead atoms. The maximum atomic E-state index is 6.01. The predicted molar refractivity (Wildman–Crippen MR) is 77.1 cm³/mol. The summed E-state index contributed by atoms with van der Waals surface area (Å²) in [6, 6.07) is 2.12. The van der Waals surface area contributed by atoms with Crippen LogP contribution >= 0.6 is 11.3 Å². The standard InChI is InChI=1S/C13H16N4S/c1-4-5-17-10-9-7(2)6-8(3)15-13(9)18-11(10)12(14)16-17/h6H,4-5H2,1-3H3,(H2,14,16). The van der Waals surface area contributed by atoms with Gasteiger partial charge in [0.1, 0.15) is 4.83 Å². The Morgan fingerprint density at radius 1 is 1.39 bits per heavy atom. The molecule has 94 valence electrons. The largest absolute Gasteiger partial charge is 0.381 e. The quantitative estimate of drug-likeness (QED) is 0.769. The Morgan fingerprint density at radius 3 is 2.89 bits per heavy atom. The highest BCUT2D eigenvalue weighted by atomic mass is 32.1. The van der Waals surface area contributed by atoms with E-state index < -0.39 is 0 Å². The van der Waals surface area contributed by atoms with E-state index in [9.17, 15) is 0 Å². The molecule has 0 atom stereocenters. The molecule has 0 fully saturated rings. The van der Waals surface area contributed by atoms with Gasteiger partial charge >= 0.3 is 0 Å². The van der Waals surface area contributed by atoms with E-state index in [-0.39, 0.29) is 0 Å². The number of anilines is 1. The third-order valence-electron chi connectivity index (χ3n) is 3.12. The third kappa shape index (κ3) is 1.50. The summed E-state index contributed by atoms with van der Waals surface area (Å²) in [4.78, 5) is 5.68. The van der Waals surface area contributed by atoms with Crippen LogP contribution in [0.15, 0.2) is 6.07 Å². The van der Waals surface area contributed by atoms with Crippen molar-refractivity contribution in [2.75, 3.05) is 5.73 Å². The molecule has 3 rings (SSSR count). The van der Waals surface area contributed by atoms with Crippen molar-refractivity contribution in [2.24, 2.45) is 0 Å². The zero-order valence-electron chi connectivity index (χ0n) is 10.8. The van der Waals surface area contributed by atoms with Crippen LogP contribution in [0.2, 0.25) is 0 Å². The number of thiophene rings is 1. The van der Waals surface area contributed by atoms with E-state index in [2.05, 4.69) is 30.0 Å². The molecule has 2 N–H and O–H groups in total. The molecule has 0 saturated carbocycles. The average molecular weight is 260 g/mol. The molecule has 0 aliphatic heterocycles. The summed E-state index contributed by atoms with van der Waals surface area (Å²) in [7, 11) is 0. The number of hydrogen-bond acceptors (Lipinski definition) is 4. The lowest BCUT2D eigenvalue weighted by molar-refractivity contribution is 0.626. The van der Waals surface area contributed by atoms with Crippen LogP contribution in [0.1, 0.15) is 24.6 Å². The average Bonchev–Trinajstić information content (AvgIpc) is 2.79. The van der Waals surface area contributed by atoms with Gasteiger partial charge in [0, 0.05) is 17.6 Å². The minimum Gasteiger partial charge on any atom is -0.381 e. The minimum absolute atomic E-state index is 0.624. The maximum absolute atomic E-state index is 6.01. The minimum atomic E-state index is 0.624. The van der Waals surface area contributed by atoms with E-state index in [0.29, 0.717) is 5.82 Å². The van der Waals surface area contributed by atoms with Gasteiger partial charge < -0.3 is 5.73 Å². The van der Waals surface area contributed by atoms with Gasteiger partial charge in [-0.3, -0.25) is 4.68 Å². The molecular formula is C13H16N4S. The van der Waals surface area contributed by atoms with Crippen LogP contribution in [0, 0.1) is 13.8 Å². The molecular weight excluding hydrogens is 244 g/mol. The fourth-order valence-electron chi connectivity index (χ4n) is 2.44. The Morgan fingerprint density at radius 2 is 2.17 bits per heavy atom. The summed E-state index contributed by atoms with van der Waals surface area (Å²) in [5.41, 5.74) is 9.47. The summed E-state index contributed by atoms with van der Waals surface area (Å²) in [6.07, 6.45) is 1.05. The molecule has 3 aromatic heterocycles. The van der Waals surface area contributed by atoms with E-state index >= 15 is 0 Å². The number of nitrogen functional groups attached to an aromatic ring is 1. The summed E-state index contributed by atoms with van der Waals surface area (Å²) in [5, 5.41) is 5.64. The fraction of sp³-hybridized carbons (Fsp3) is 0.385. The Hall–Kier alpha value is -1.62. The van der Waals surface area contributed by atoms with E-state index in [0.717, 1.165) is 33.7 Å². The summed E-state index contributed by atoms with van der Waals surface area (Å²) in [6.45, 7) is 7.20.